The first-order valence-corrected chi connectivity index (χ1v) is 51.5. The Balaban J connectivity index is 0.000000112. The average Bonchev–Trinajstić information content (AvgIpc) is 1.51. The third kappa shape index (κ3) is 12.7. The minimum atomic E-state index is -0.978. The van der Waals surface area contributed by atoms with Crippen LogP contribution in [-0.2, 0) is 27.1 Å². The van der Waals surface area contributed by atoms with Gasteiger partial charge >= 0.3 is 0 Å². The third-order valence-electron chi connectivity index (χ3n) is 28.8. The van der Waals surface area contributed by atoms with Crippen LogP contribution < -0.4 is 110 Å². The molecule has 1 unspecified atom stereocenters. The number of hydrogen-bond acceptors (Lipinski definition) is 13. The van der Waals surface area contributed by atoms with E-state index in [9.17, 15) is 0 Å². The van der Waals surface area contributed by atoms with E-state index in [2.05, 4.69) is 355 Å². The van der Waals surface area contributed by atoms with Gasteiger partial charge in [-0.25, -0.2) is 0 Å². The number of anilines is 9. The van der Waals surface area contributed by atoms with Crippen LogP contribution in [0.2, 0.25) is 0 Å². The summed E-state index contributed by atoms with van der Waals surface area (Å²) in [5.74, 6) is 13.5. The molecular weight excluding hydrogens is 1760 g/mol. The van der Waals surface area contributed by atoms with Gasteiger partial charge in [0.25, 0.3) is 0 Å². The van der Waals surface area contributed by atoms with Crippen LogP contribution in [0.3, 0.4) is 0 Å². The standard InChI is InChI=1S/C48H50NO2P.C46H32NO2P.C28H22NO6P/c1-45(2,3)27-21-34-42-36(23-27)50-38-25-29(47(7,8)9)26-39-44(38)52(42)43-35(22-28(46(4,5)6)24-37(43)51-39)49(34)41-32-19-15-13-17-30(32)40(48(10,11)12)31-18-14-16-20-33(31)41;1-27-18-20-32(21-19-27)47-36-22-28(2)23-37-43(36)50-44-38(48-37)24-29(3)25-39(44)49-40-26-35-41(42(47)45(40)50)33-16-10-11-17-34(33)46(35,30-12-6-4-7-13-30)31-14-8-5-9-15-31;1-30-16-7-5-15(6-8-16)29-20-9-17(31-2)11-22-26(20)36-27-21(29)10-18(32-3)12-23(27)35-25-14-19(33-4)13-24(34-22)28(25)36/h13-26H,1-12H3;4-26H,1-3H3;5-14H,1-4H3. The number of rotatable bonds is 9. The molecule has 0 saturated heterocycles. The molecule has 9 heterocycles. The molecule has 10 aliphatic rings. The molecule has 13 nitrogen and oxygen atoms in total. The Morgan fingerprint density at radius 3 is 1.03 bits per heavy atom. The SMILES string of the molecule is CC(C)(C)c1cc2c3c(c1)Oc1cc(C(C)(C)C)cc4c1P3c1c(cc(C(C)(C)C)cc1N4c1c3ccccc3c(C(C)(C)C)c3ccccc13)O2.COc1ccc(N2c3cc(OC)cc4c3P3c5c(cc(OC)cc5Oc5cc(OC)cc2c53)O4)cc1.Cc1ccc(N2c3cc(C)cc4c3P3c5c(cc(C)cc5Oc5cc6c(c2c53)-c2ccccc2C6(c2ccccc2)c2ccccc2)O4)cc1. The van der Waals surface area contributed by atoms with Gasteiger partial charge in [0, 0.05) is 87.9 Å². The largest absolute Gasteiger partial charge is 0.497 e. The first-order valence-electron chi connectivity index (χ1n) is 47.4. The quantitative estimate of drug-likeness (QED) is 0.101. The van der Waals surface area contributed by atoms with Crippen LogP contribution in [0.1, 0.15) is 144 Å². The van der Waals surface area contributed by atoms with E-state index in [4.69, 9.17) is 47.4 Å². The van der Waals surface area contributed by atoms with E-state index in [-0.39, 0.29) is 21.7 Å². The Bertz CT molecular complexity index is 7850. The number of methoxy groups -OCH3 is 4. The summed E-state index contributed by atoms with van der Waals surface area (Å²) in [6.07, 6.45) is 0. The van der Waals surface area contributed by atoms with E-state index in [0.717, 1.165) is 119 Å². The zero-order valence-electron chi connectivity index (χ0n) is 80.9. The third-order valence-corrected chi connectivity index (χ3v) is 36.9. The molecule has 138 heavy (non-hydrogen) atoms. The summed E-state index contributed by atoms with van der Waals surface area (Å²) in [5.41, 5.74) is 25.5. The van der Waals surface area contributed by atoms with Crippen molar-refractivity contribution in [3.63, 3.8) is 0 Å². The van der Waals surface area contributed by atoms with Crippen LogP contribution in [-0.4, -0.2) is 28.4 Å². The summed E-state index contributed by atoms with van der Waals surface area (Å²) < 4.78 is 63.6. The van der Waals surface area contributed by atoms with E-state index in [1.54, 1.807) is 28.4 Å². The summed E-state index contributed by atoms with van der Waals surface area (Å²) in [5, 5.41) is 15.9. The van der Waals surface area contributed by atoms with E-state index in [1.807, 2.05) is 48.5 Å². The summed E-state index contributed by atoms with van der Waals surface area (Å²) in [4.78, 5) is 7.33. The Morgan fingerprint density at radius 2 is 0.587 bits per heavy atom. The van der Waals surface area contributed by atoms with Crippen LogP contribution in [0.5, 0.6) is 92.0 Å². The Hall–Kier alpha value is -14.1. The molecule has 1 aliphatic carbocycles. The highest BCUT2D eigenvalue weighted by molar-refractivity contribution is 7.82. The number of ether oxygens (including phenoxy) is 10. The van der Waals surface area contributed by atoms with Gasteiger partial charge in [0.15, 0.2) is 0 Å². The van der Waals surface area contributed by atoms with E-state index >= 15 is 0 Å². The number of benzene rings is 17. The van der Waals surface area contributed by atoms with E-state index < -0.39 is 29.2 Å². The highest BCUT2D eigenvalue weighted by atomic mass is 31.1. The molecule has 0 saturated carbocycles. The maximum absolute atomic E-state index is 7.16. The van der Waals surface area contributed by atoms with Crippen LogP contribution in [0.25, 0.3) is 32.7 Å². The van der Waals surface area contributed by atoms with E-state index in [0.29, 0.717) is 17.2 Å². The highest BCUT2D eigenvalue weighted by Crippen LogP contribution is 2.70. The number of nitrogens with zero attached hydrogens (tertiary/aromatic N) is 3. The summed E-state index contributed by atoms with van der Waals surface area (Å²) >= 11 is 0. The van der Waals surface area contributed by atoms with Crippen molar-refractivity contribution >= 4 is 144 Å². The summed E-state index contributed by atoms with van der Waals surface area (Å²) in [7, 11) is 3.73. The molecule has 682 valence electrons. The molecule has 0 aromatic heterocycles. The molecule has 9 aliphatic heterocycles. The van der Waals surface area contributed by atoms with E-state index in [1.165, 1.54) is 149 Å². The first kappa shape index (κ1) is 85.6. The molecule has 16 heteroatoms. The average molecular weight is 1870 g/mol. The Morgan fingerprint density at radius 1 is 0.254 bits per heavy atom. The molecule has 17 aromatic rings. The van der Waals surface area contributed by atoms with Gasteiger partial charge in [0.1, 0.15) is 92.0 Å². The minimum absolute atomic E-state index is 0.0573. The minimum Gasteiger partial charge on any atom is -0.497 e. The second-order valence-corrected chi connectivity index (χ2v) is 47.7. The van der Waals surface area contributed by atoms with Crippen molar-refractivity contribution in [1.29, 1.82) is 0 Å². The molecule has 0 radical (unpaired) electrons. The highest BCUT2D eigenvalue weighted by Gasteiger charge is 2.56. The summed E-state index contributed by atoms with van der Waals surface area (Å²) in [6.45, 7) is 34.2. The monoisotopic (exact) mass is 1860 g/mol. The fraction of sp³-hybridized carbons (Fsp3) is 0.197. The number of hydrogen-bond donors (Lipinski definition) is 0. The van der Waals surface area contributed by atoms with Crippen molar-refractivity contribution in [2.24, 2.45) is 0 Å². The fourth-order valence-corrected chi connectivity index (χ4v) is 30.9. The smallest absolute Gasteiger partial charge is 0.143 e. The zero-order chi connectivity index (χ0) is 94.7. The lowest BCUT2D eigenvalue weighted by molar-refractivity contribution is 0.397. The van der Waals surface area contributed by atoms with Crippen molar-refractivity contribution in [1.82, 2.24) is 0 Å². The molecule has 0 bridgehead atoms. The van der Waals surface area contributed by atoms with Gasteiger partial charge < -0.3 is 62.1 Å². The van der Waals surface area contributed by atoms with Crippen LogP contribution >= 0.6 is 23.8 Å². The molecule has 0 amide bonds. The van der Waals surface area contributed by atoms with Crippen molar-refractivity contribution in [3.8, 4) is 103 Å². The maximum atomic E-state index is 7.16. The van der Waals surface area contributed by atoms with Crippen LogP contribution in [0, 0.1) is 20.8 Å². The molecule has 27 rings (SSSR count). The van der Waals surface area contributed by atoms with Crippen LogP contribution in [0.4, 0.5) is 51.2 Å². The lowest BCUT2D eigenvalue weighted by Crippen LogP contribution is -2.41. The van der Waals surface area contributed by atoms with Crippen molar-refractivity contribution in [3.05, 3.63) is 346 Å². The maximum Gasteiger partial charge on any atom is 0.143 e. The number of fused-ring (bicyclic) bond motifs is 6. The predicted molar refractivity (Wildman–Crippen MR) is 568 cm³/mol. The molecule has 17 aromatic carbocycles. The lowest BCUT2D eigenvalue weighted by atomic mass is 9.67. The second kappa shape index (κ2) is 30.7. The van der Waals surface area contributed by atoms with Gasteiger partial charge in [-0.3, -0.25) is 0 Å². The molecule has 0 fully saturated rings. The normalized spacial score (nSPS) is 15.2. The second-order valence-electron chi connectivity index (χ2n) is 41.7. The lowest BCUT2D eigenvalue weighted by Gasteiger charge is -2.46. The van der Waals surface area contributed by atoms with Crippen molar-refractivity contribution in [2.45, 2.75) is 131 Å². The topological polar surface area (TPSA) is 102 Å². The van der Waals surface area contributed by atoms with Gasteiger partial charge in [0.05, 0.1) is 121 Å². The summed E-state index contributed by atoms with van der Waals surface area (Å²) in [6, 6.07) is 104. The predicted octanol–water partition coefficient (Wildman–Crippen LogP) is 29.1. The van der Waals surface area contributed by atoms with Gasteiger partial charge in [-0.05, 0) is 218 Å². The molecule has 0 spiro atoms. The van der Waals surface area contributed by atoms with Crippen molar-refractivity contribution in [2.75, 3.05) is 43.1 Å². The molecule has 0 N–H and O–H groups in total. The first-order chi connectivity index (χ1) is 66.5. The van der Waals surface area contributed by atoms with Gasteiger partial charge in [-0.1, -0.05) is 234 Å². The fourth-order valence-electron chi connectivity index (χ4n) is 22.6. The Labute approximate surface area is 809 Å². The van der Waals surface area contributed by atoms with Crippen molar-refractivity contribution < 1.29 is 47.4 Å². The zero-order valence-corrected chi connectivity index (χ0v) is 83.6. The van der Waals surface area contributed by atoms with Crippen LogP contribution in [0.15, 0.2) is 285 Å². The Kier molecular flexibility index (Phi) is 19.1. The molecule has 1 atom stereocenters. The molecular formula is C122H104N3O10P3. The number of aryl methyl sites for hydroxylation is 3. The van der Waals surface area contributed by atoms with Gasteiger partial charge in [0.2, 0.25) is 0 Å². The van der Waals surface area contributed by atoms with Gasteiger partial charge in [-0.2, -0.15) is 0 Å². The van der Waals surface area contributed by atoms with Gasteiger partial charge in [-0.15, -0.1) is 0 Å².